The molecule has 2 N–H and O–H groups in total. The molecule has 0 aromatic heterocycles. The molecule has 0 atom stereocenters. The summed E-state index contributed by atoms with van der Waals surface area (Å²) in [6.45, 7) is 0. The Bertz CT molecular complexity index is 1050. The Morgan fingerprint density at radius 1 is 1.00 bits per heavy atom. The van der Waals surface area contributed by atoms with E-state index in [1.807, 2.05) is 31.1 Å². The number of anilines is 2. The molecule has 0 aliphatic carbocycles. The molecule has 3 aromatic rings. The molecule has 0 bridgehead atoms. The number of aromatic hydroxyl groups is 1. The van der Waals surface area contributed by atoms with Gasteiger partial charge in [-0.3, -0.25) is 4.72 Å². The molecule has 0 aliphatic rings. The van der Waals surface area contributed by atoms with Gasteiger partial charge in [0.15, 0.2) is 5.82 Å². The van der Waals surface area contributed by atoms with Crippen molar-refractivity contribution >= 4 is 32.2 Å². The van der Waals surface area contributed by atoms with E-state index in [-0.39, 0.29) is 16.3 Å². The van der Waals surface area contributed by atoms with E-state index in [0.717, 1.165) is 17.1 Å². The summed E-state index contributed by atoms with van der Waals surface area (Å²) in [6.07, 6.45) is 0. The van der Waals surface area contributed by atoms with Crippen LogP contribution in [-0.4, -0.2) is 27.6 Å². The molecule has 0 saturated heterocycles. The van der Waals surface area contributed by atoms with Gasteiger partial charge >= 0.3 is 0 Å². The van der Waals surface area contributed by atoms with Crippen LogP contribution in [0.2, 0.25) is 0 Å². The molecule has 130 valence electrons. The highest BCUT2D eigenvalue weighted by Gasteiger charge is 2.20. The second-order valence-corrected chi connectivity index (χ2v) is 7.44. The molecular weight excluding hydrogens is 343 g/mol. The van der Waals surface area contributed by atoms with Crippen LogP contribution in [0.3, 0.4) is 0 Å². The number of rotatable bonds is 4. The van der Waals surface area contributed by atoms with Gasteiger partial charge in [-0.05, 0) is 24.3 Å². The summed E-state index contributed by atoms with van der Waals surface area (Å²) in [5.41, 5.74) is 0.656. The van der Waals surface area contributed by atoms with Crippen LogP contribution < -0.4 is 9.62 Å². The number of benzene rings is 3. The number of fused-ring (bicyclic) bond motifs is 1. The summed E-state index contributed by atoms with van der Waals surface area (Å²) in [7, 11) is -0.258. The first-order valence-corrected chi connectivity index (χ1v) is 8.98. The van der Waals surface area contributed by atoms with Gasteiger partial charge in [-0.1, -0.05) is 24.3 Å². The van der Waals surface area contributed by atoms with E-state index in [9.17, 15) is 17.9 Å². The van der Waals surface area contributed by atoms with E-state index in [0.29, 0.717) is 5.39 Å². The Balaban J connectivity index is 2.13. The lowest BCUT2D eigenvalue weighted by Gasteiger charge is -2.17. The Morgan fingerprint density at radius 3 is 2.36 bits per heavy atom. The fraction of sp³-hybridized carbons (Fsp3) is 0.111. The molecule has 0 saturated carbocycles. The van der Waals surface area contributed by atoms with Gasteiger partial charge in [0.2, 0.25) is 0 Å². The molecule has 0 amide bonds. The first-order chi connectivity index (χ1) is 11.8. The smallest absolute Gasteiger partial charge is 0.262 e. The van der Waals surface area contributed by atoms with E-state index in [1.54, 1.807) is 18.2 Å². The highest BCUT2D eigenvalue weighted by Crippen LogP contribution is 2.31. The molecule has 3 rings (SSSR count). The topological polar surface area (TPSA) is 69.6 Å². The molecule has 0 spiro atoms. The highest BCUT2D eigenvalue weighted by atomic mass is 32.2. The number of phenolic OH excluding ortho intramolecular Hbond substituents is 1. The number of halogens is 1. The molecule has 0 fully saturated rings. The number of sulfonamides is 1. The van der Waals surface area contributed by atoms with Crippen LogP contribution >= 0.6 is 0 Å². The van der Waals surface area contributed by atoms with Crippen molar-refractivity contribution in [2.75, 3.05) is 23.7 Å². The summed E-state index contributed by atoms with van der Waals surface area (Å²) >= 11 is 0. The van der Waals surface area contributed by atoms with Gasteiger partial charge in [-0.15, -0.1) is 0 Å². The normalized spacial score (nSPS) is 11.5. The number of nitrogens with zero attached hydrogens (tertiary/aromatic N) is 1. The zero-order valence-corrected chi connectivity index (χ0v) is 14.5. The molecule has 25 heavy (non-hydrogen) atoms. The third kappa shape index (κ3) is 3.23. The zero-order valence-electron chi connectivity index (χ0n) is 13.7. The molecule has 7 heteroatoms. The fourth-order valence-corrected chi connectivity index (χ4v) is 3.97. The number of phenols is 1. The largest absolute Gasteiger partial charge is 0.508 e. The van der Waals surface area contributed by atoms with Gasteiger partial charge < -0.3 is 10.0 Å². The first kappa shape index (κ1) is 17.0. The maximum atomic E-state index is 13.9. The molecule has 0 radical (unpaired) electrons. The average molecular weight is 360 g/mol. The van der Waals surface area contributed by atoms with Crippen LogP contribution in [0.5, 0.6) is 5.75 Å². The number of nitrogens with one attached hydrogen (secondary N) is 1. The van der Waals surface area contributed by atoms with Gasteiger partial charge in [-0.25, -0.2) is 12.8 Å². The van der Waals surface area contributed by atoms with Crippen molar-refractivity contribution in [3.05, 3.63) is 60.4 Å². The SMILES string of the molecule is CN(C)c1cccc2c(S(=O)(=O)Nc3ccc(O)cc3F)cccc12. The molecule has 3 aromatic carbocycles. The van der Waals surface area contributed by atoms with Gasteiger partial charge in [0.1, 0.15) is 5.75 Å². The lowest BCUT2D eigenvalue weighted by atomic mass is 10.1. The predicted molar refractivity (Wildman–Crippen MR) is 97.1 cm³/mol. The molecule has 0 heterocycles. The van der Waals surface area contributed by atoms with E-state index < -0.39 is 15.8 Å². The third-order valence-electron chi connectivity index (χ3n) is 3.83. The minimum absolute atomic E-state index is 0.0566. The third-order valence-corrected chi connectivity index (χ3v) is 5.25. The quantitative estimate of drug-likeness (QED) is 0.698. The zero-order chi connectivity index (χ0) is 18.2. The van der Waals surface area contributed by atoms with Gasteiger partial charge in [0.25, 0.3) is 10.0 Å². The summed E-state index contributed by atoms with van der Waals surface area (Å²) in [4.78, 5) is 1.95. The molecule has 5 nitrogen and oxygen atoms in total. The van der Waals surface area contributed by atoms with E-state index in [2.05, 4.69) is 4.72 Å². The summed E-state index contributed by atoms with van der Waals surface area (Å²) < 4.78 is 41.7. The van der Waals surface area contributed by atoms with Crippen molar-refractivity contribution in [1.82, 2.24) is 0 Å². The fourth-order valence-electron chi connectivity index (χ4n) is 2.68. The average Bonchev–Trinajstić information content (AvgIpc) is 2.56. The molecule has 0 unspecified atom stereocenters. The maximum Gasteiger partial charge on any atom is 0.262 e. The van der Waals surface area contributed by atoms with Crippen LogP contribution in [0.4, 0.5) is 15.8 Å². The van der Waals surface area contributed by atoms with E-state index in [4.69, 9.17) is 0 Å². The van der Waals surface area contributed by atoms with Gasteiger partial charge in [-0.2, -0.15) is 0 Å². The minimum Gasteiger partial charge on any atom is -0.508 e. The number of hydrogen-bond acceptors (Lipinski definition) is 4. The van der Waals surface area contributed by atoms with Crippen molar-refractivity contribution in [3.63, 3.8) is 0 Å². The lowest BCUT2D eigenvalue weighted by Crippen LogP contribution is -2.15. The van der Waals surface area contributed by atoms with Crippen LogP contribution in [0.1, 0.15) is 0 Å². The second-order valence-electron chi connectivity index (χ2n) is 5.79. The maximum absolute atomic E-state index is 13.9. The van der Waals surface area contributed by atoms with Crippen molar-refractivity contribution in [3.8, 4) is 5.75 Å². The summed E-state index contributed by atoms with van der Waals surface area (Å²) in [5.74, 6) is -1.13. The van der Waals surface area contributed by atoms with Gasteiger partial charge in [0.05, 0.1) is 10.6 Å². The van der Waals surface area contributed by atoms with Crippen molar-refractivity contribution < 1.29 is 17.9 Å². The van der Waals surface area contributed by atoms with Crippen LogP contribution in [0, 0.1) is 5.82 Å². The Labute approximate surface area is 145 Å². The van der Waals surface area contributed by atoms with Crippen molar-refractivity contribution in [1.29, 1.82) is 0 Å². The van der Waals surface area contributed by atoms with E-state index in [1.165, 1.54) is 18.2 Å². The van der Waals surface area contributed by atoms with E-state index >= 15 is 0 Å². The second kappa shape index (κ2) is 6.25. The van der Waals surface area contributed by atoms with Crippen LogP contribution in [0.25, 0.3) is 10.8 Å². The van der Waals surface area contributed by atoms with Crippen LogP contribution in [-0.2, 0) is 10.0 Å². The Morgan fingerprint density at radius 2 is 1.68 bits per heavy atom. The Kier molecular flexibility index (Phi) is 4.26. The summed E-state index contributed by atoms with van der Waals surface area (Å²) in [6, 6.07) is 13.6. The monoisotopic (exact) mass is 360 g/mol. The lowest BCUT2D eigenvalue weighted by molar-refractivity contribution is 0.469. The standard InChI is InChI=1S/C18H17FN2O3S/c1-21(2)17-7-3-6-14-13(17)5-4-8-18(14)25(23,24)20-16-10-9-12(22)11-15(16)19/h3-11,20,22H,1-2H3. The van der Waals surface area contributed by atoms with Crippen LogP contribution in [0.15, 0.2) is 59.5 Å². The predicted octanol–water partition coefficient (Wildman–Crippen LogP) is 3.55. The van der Waals surface area contributed by atoms with Crippen molar-refractivity contribution in [2.45, 2.75) is 4.90 Å². The molecular formula is C18H17FN2O3S. The summed E-state index contributed by atoms with van der Waals surface area (Å²) in [5, 5.41) is 10.6. The van der Waals surface area contributed by atoms with Crippen molar-refractivity contribution in [2.24, 2.45) is 0 Å². The number of hydrogen-bond donors (Lipinski definition) is 2. The minimum atomic E-state index is -4.01. The first-order valence-electron chi connectivity index (χ1n) is 7.50. The highest BCUT2D eigenvalue weighted by molar-refractivity contribution is 7.93. The molecule has 0 aliphatic heterocycles. The Hall–Kier alpha value is -2.80. The van der Waals surface area contributed by atoms with Gasteiger partial charge in [0, 0.05) is 36.6 Å².